The van der Waals surface area contributed by atoms with Crippen molar-refractivity contribution in [2.75, 3.05) is 31.6 Å². The minimum absolute atomic E-state index is 0.0209. The summed E-state index contributed by atoms with van der Waals surface area (Å²) in [5, 5.41) is 2.80. The van der Waals surface area contributed by atoms with Gasteiger partial charge in [-0.05, 0) is 36.6 Å². The van der Waals surface area contributed by atoms with Crippen molar-refractivity contribution in [2.24, 2.45) is 5.41 Å². The van der Waals surface area contributed by atoms with Gasteiger partial charge in [-0.15, -0.1) is 0 Å². The number of rotatable bonds is 3. The Hall–Kier alpha value is -2.93. The molecule has 1 aliphatic heterocycles. The van der Waals surface area contributed by atoms with Crippen molar-refractivity contribution in [3.63, 3.8) is 0 Å². The lowest BCUT2D eigenvalue weighted by molar-refractivity contribution is 0.0303. The molecule has 0 saturated carbocycles. The number of furan rings is 1. The molecule has 1 aliphatic carbocycles. The highest BCUT2D eigenvalue weighted by atomic mass is 16.5. The van der Waals surface area contributed by atoms with Crippen LogP contribution in [0.25, 0.3) is 0 Å². The molecule has 0 atom stereocenters. The highest BCUT2D eigenvalue weighted by molar-refractivity contribution is 6.08. The van der Waals surface area contributed by atoms with E-state index < -0.39 is 5.91 Å². The molecule has 2 heterocycles. The number of nitrogens with one attached hydrogen (secondary N) is 1. The standard InChI is InChI=1S/C23H26N2O5/c1-14-19-17(26)12-23(2,3)13-18(19)30-20(14)21(27)24-16-6-4-15(5-7-16)22(28)25-8-10-29-11-9-25/h4-7H,8-13H2,1-3H3,(H,24,27). The molecule has 0 radical (unpaired) electrons. The molecule has 1 aromatic carbocycles. The Kier molecular flexibility index (Phi) is 5.24. The van der Waals surface area contributed by atoms with E-state index in [0.29, 0.717) is 67.3 Å². The first kappa shape index (κ1) is 20.3. The maximum atomic E-state index is 12.8. The van der Waals surface area contributed by atoms with E-state index >= 15 is 0 Å². The second-order valence-electron chi connectivity index (χ2n) is 8.73. The van der Waals surface area contributed by atoms with Gasteiger partial charge in [0, 0.05) is 42.7 Å². The zero-order chi connectivity index (χ0) is 21.5. The number of nitrogens with zero attached hydrogens (tertiary/aromatic N) is 1. The van der Waals surface area contributed by atoms with Crippen molar-refractivity contribution in [3.8, 4) is 0 Å². The number of anilines is 1. The SMILES string of the molecule is Cc1c(C(=O)Nc2ccc(C(=O)N3CCOCC3)cc2)oc2c1C(=O)CC(C)(C)C2. The zero-order valence-electron chi connectivity index (χ0n) is 17.5. The molecule has 1 aromatic heterocycles. The molecule has 158 valence electrons. The maximum absolute atomic E-state index is 12.8. The third kappa shape index (κ3) is 3.89. The molecule has 7 nitrogen and oxygen atoms in total. The van der Waals surface area contributed by atoms with Gasteiger partial charge in [0.25, 0.3) is 11.8 Å². The largest absolute Gasteiger partial charge is 0.455 e. The summed E-state index contributed by atoms with van der Waals surface area (Å²) >= 11 is 0. The number of ether oxygens (including phenoxy) is 1. The lowest BCUT2D eigenvalue weighted by Crippen LogP contribution is -2.40. The first-order chi connectivity index (χ1) is 14.2. The van der Waals surface area contributed by atoms with Gasteiger partial charge in [0.05, 0.1) is 18.8 Å². The van der Waals surface area contributed by atoms with Gasteiger partial charge < -0.3 is 19.4 Å². The van der Waals surface area contributed by atoms with Crippen LogP contribution in [-0.4, -0.2) is 48.8 Å². The molecule has 30 heavy (non-hydrogen) atoms. The fourth-order valence-corrected chi connectivity index (χ4v) is 4.13. The number of benzene rings is 1. The van der Waals surface area contributed by atoms with E-state index in [0.717, 1.165) is 0 Å². The first-order valence-corrected chi connectivity index (χ1v) is 10.2. The number of carbonyl (C=O) groups is 3. The normalized spacial score (nSPS) is 18.1. The molecule has 0 bridgehead atoms. The third-order valence-corrected chi connectivity index (χ3v) is 5.67. The fraction of sp³-hybridized carbons (Fsp3) is 0.435. The summed E-state index contributed by atoms with van der Waals surface area (Å²) in [6.45, 7) is 8.04. The molecular formula is C23H26N2O5. The molecule has 1 saturated heterocycles. The summed E-state index contributed by atoms with van der Waals surface area (Å²) in [5.41, 5.74) is 2.07. The highest BCUT2D eigenvalue weighted by Gasteiger charge is 2.37. The number of ketones is 1. The van der Waals surface area contributed by atoms with E-state index in [4.69, 9.17) is 9.15 Å². The highest BCUT2D eigenvalue weighted by Crippen LogP contribution is 2.38. The monoisotopic (exact) mass is 410 g/mol. The predicted octanol–water partition coefficient (Wildman–Crippen LogP) is 3.47. The van der Waals surface area contributed by atoms with Crippen molar-refractivity contribution in [1.82, 2.24) is 4.90 Å². The van der Waals surface area contributed by atoms with E-state index in [2.05, 4.69) is 5.32 Å². The summed E-state index contributed by atoms with van der Waals surface area (Å²) in [7, 11) is 0. The van der Waals surface area contributed by atoms with Crippen LogP contribution >= 0.6 is 0 Å². The molecule has 2 aliphatic rings. The van der Waals surface area contributed by atoms with Gasteiger partial charge in [0.15, 0.2) is 11.5 Å². The van der Waals surface area contributed by atoms with Crippen LogP contribution in [0.4, 0.5) is 5.69 Å². The fourth-order valence-electron chi connectivity index (χ4n) is 4.13. The Labute approximate surface area is 175 Å². The quantitative estimate of drug-likeness (QED) is 0.837. The number of Topliss-reactive ketones (excluding diaryl/α,β-unsaturated/α-hetero) is 1. The maximum Gasteiger partial charge on any atom is 0.291 e. The van der Waals surface area contributed by atoms with Crippen molar-refractivity contribution in [3.05, 3.63) is 52.5 Å². The van der Waals surface area contributed by atoms with Gasteiger partial charge in [0.2, 0.25) is 0 Å². The topological polar surface area (TPSA) is 88.8 Å². The van der Waals surface area contributed by atoms with Gasteiger partial charge in [-0.2, -0.15) is 0 Å². The Balaban J connectivity index is 1.48. The average Bonchev–Trinajstić information content (AvgIpc) is 3.04. The lowest BCUT2D eigenvalue weighted by atomic mass is 9.76. The molecular weight excluding hydrogens is 384 g/mol. The van der Waals surface area contributed by atoms with Crippen molar-refractivity contribution >= 4 is 23.3 Å². The van der Waals surface area contributed by atoms with E-state index in [1.165, 1.54) is 0 Å². The second kappa shape index (κ2) is 7.72. The molecule has 1 N–H and O–H groups in total. The lowest BCUT2D eigenvalue weighted by Gasteiger charge is -2.27. The van der Waals surface area contributed by atoms with Crippen molar-refractivity contribution < 1.29 is 23.5 Å². The van der Waals surface area contributed by atoms with Crippen LogP contribution in [0.5, 0.6) is 0 Å². The Morgan fingerprint density at radius 1 is 1.07 bits per heavy atom. The van der Waals surface area contributed by atoms with Crippen LogP contribution in [0, 0.1) is 12.3 Å². The van der Waals surface area contributed by atoms with Crippen LogP contribution in [0.3, 0.4) is 0 Å². The molecule has 0 unspecified atom stereocenters. The molecule has 7 heteroatoms. The van der Waals surface area contributed by atoms with E-state index in [-0.39, 0.29) is 22.9 Å². The number of amides is 2. The van der Waals surface area contributed by atoms with Crippen molar-refractivity contribution in [2.45, 2.75) is 33.6 Å². The predicted molar refractivity (Wildman–Crippen MR) is 111 cm³/mol. The summed E-state index contributed by atoms with van der Waals surface area (Å²) < 4.78 is 11.1. The molecule has 4 rings (SSSR count). The van der Waals surface area contributed by atoms with Gasteiger partial charge in [-0.3, -0.25) is 14.4 Å². The Bertz CT molecular complexity index is 997. The number of carbonyl (C=O) groups excluding carboxylic acids is 3. The smallest absolute Gasteiger partial charge is 0.291 e. The van der Waals surface area contributed by atoms with Crippen LogP contribution in [0.1, 0.15) is 62.9 Å². The summed E-state index contributed by atoms with van der Waals surface area (Å²) in [6.07, 6.45) is 1.07. The summed E-state index contributed by atoms with van der Waals surface area (Å²) in [5.74, 6) is 0.323. The van der Waals surface area contributed by atoms with Gasteiger partial charge in [0.1, 0.15) is 5.76 Å². The second-order valence-corrected chi connectivity index (χ2v) is 8.73. The van der Waals surface area contributed by atoms with Gasteiger partial charge >= 0.3 is 0 Å². The van der Waals surface area contributed by atoms with Crippen LogP contribution in [-0.2, 0) is 11.2 Å². The zero-order valence-corrected chi connectivity index (χ0v) is 17.5. The van der Waals surface area contributed by atoms with E-state index in [1.807, 2.05) is 13.8 Å². The van der Waals surface area contributed by atoms with Gasteiger partial charge in [-0.25, -0.2) is 0 Å². The number of hydrogen-bond acceptors (Lipinski definition) is 5. The van der Waals surface area contributed by atoms with E-state index in [9.17, 15) is 14.4 Å². The minimum Gasteiger partial charge on any atom is -0.455 e. The summed E-state index contributed by atoms with van der Waals surface area (Å²) in [6, 6.07) is 6.77. The average molecular weight is 410 g/mol. The molecule has 2 aromatic rings. The van der Waals surface area contributed by atoms with Crippen LogP contribution < -0.4 is 5.32 Å². The Morgan fingerprint density at radius 2 is 1.73 bits per heavy atom. The number of fused-ring (bicyclic) bond motifs is 1. The molecule has 1 fully saturated rings. The third-order valence-electron chi connectivity index (χ3n) is 5.67. The summed E-state index contributed by atoms with van der Waals surface area (Å²) in [4.78, 5) is 39.6. The number of hydrogen-bond donors (Lipinski definition) is 1. The van der Waals surface area contributed by atoms with E-state index in [1.54, 1.807) is 36.1 Å². The first-order valence-electron chi connectivity index (χ1n) is 10.2. The minimum atomic E-state index is -0.403. The molecule has 2 amide bonds. The van der Waals surface area contributed by atoms with Crippen molar-refractivity contribution in [1.29, 1.82) is 0 Å². The van der Waals surface area contributed by atoms with Crippen LogP contribution in [0.15, 0.2) is 28.7 Å². The van der Waals surface area contributed by atoms with Crippen LogP contribution in [0.2, 0.25) is 0 Å². The number of morpholine rings is 1. The molecule has 0 spiro atoms. The van der Waals surface area contributed by atoms with Gasteiger partial charge in [-0.1, -0.05) is 13.8 Å². The Morgan fingerprint density at radius 3 is 2.40 bits per heavy atom.